The van der Waals surface area contributed by atoms with Gasteiger partial charge in [0, 0.05) is 19.7 Å². The minimum Gasteiger partial charge on any atom is -0.377 e. The quantitative estimate of drug-likeness (QED) is 0.876. The molecule has 0 saturated heterocycles. The smallest absolute Gasteiger partial charge is 0.253 e. The number of carbonyl (C=O) groups is 1. The molecule has 0 aliphatic heterocycles. The molecule has 0 fully saturated rings. The van der Waals surface area contributed by atoms with E-state index in [9.17, 15) is 9.18 Å². The van der Waals surface area contributed by atoms with Gasteiger partial charge >= 0.3 is 0 Å². The fourth-order valence-corrected chi connectivity index (χ4v) is 2.26. The van der Waals surface area contributed by atoms with Gasteiger partial charge in [-0.3, -0.25) is 4.79 Å². The van der Waals surface area contributed by atoms with Crippen LogP contribution in [-0.4, -0.2) is 26.5 Å². The lowest BCUT2D eigenvalue weighted by molar-refractivity contribution is 0.0959. The number of nitrogens with one attached hydrogen (secondary N) is 1. The summed E-state index contributed by atoms with van der Waals surface area (Å²) >= 11 is 5.85. The van der Waals surface area contributed by atoms with Crippen molar-refractivity contribution >= 4 is 23.2 Å². The van der Waals surface area contributed by atoms with Gasteiger partial charge in [-0.1, -0.05) is 35.6 Å². The Hall–Kier alpha value is -2.51. The van der Waals surface area contributed by atoms with E-state index in [1.807, 2.05) is 43.3 Å². The maximum atomic E-state index is 13.0. The Balaban J connectivity index is 2.02. The second-order valence-corrected chi connectivity index (χ2v) is 5.43. The summed E-state index contributed by atoms with van der Waals surface area (Å²) in [6.45, 7) is 0.175. The number of benzene rings is 2. The third-order valence-electron chi connectivity index (χ3n) is 3.12. The number of anilines is 1. The number of carbonyl (C=O) groups excluding carboxylic acids is 1. The van der Waals surface area contributed by atoms with Gasteiger partial charge in [0.05, 0.1) is 22.8 Å². The van der Waals surface area contributed by atoms with E-state index in [2.05, 4.69) is 17.2 Å². The van der Waals surface area contributed by atoms with E-state index >= 15 is 0 Å². The lowest BCUT2D eigenvalue weighted by Gasteiger charge is -2.13. The van der Waals surface area contributed by atoms with Gasteiger partial charge in [-0.05, 0) is 30.3 Å². The van der Waals surface area contributed by atoms with Crippen LogP contribution in [0, 0.1) is 17.7 Å². The van der Waals surface area contributed by atoms with E-state index in [4.69, 9.17) is 11.6 Å². The van der Waals surface area contributed by atoms with E-state index in [1.165, 1.54) is 12.1 Å². The van der Waals surface area contributed by atoms with Crippen molar-refractivity contribution in [2.24, 2.45) is 0 Å². The van der Waals surface area contributed by atoms with Gasteiger partial charge in [0.15, 0.2) is 0 Å². The molecule has 1 N–H and O–H groups in total. The van der Waals surface area contributed by atoms with Crippen LogP contribution < -0.4 is 10.2 Å². The van der Waals surface area contributed by atoms with Crippen molar-refractivity contribution in [1.82, 2.24) is 5.32 Å². The van der Waals surface area contributed by atoms with Crippen LogP contribution in [0.3, 0.4) is 0 Å². The van der Waals surface area contributed by atoms with E-state index in [1.54, 1.807) is 0 Å². The summed E-state index contributed by atoms with van der Waals surface area (Å²) in [5.74, 6) is 5.06. The van der Waals surface area contributed by atoms with Crippen molar-refractivity contribution in [3.63, 3.8) is 0 Å². The Labute approximate surface area is 140 Å². The summed E-state index contributed by atoms with van der Waals surface area (Å²) < 4.78 is 13.0. The number of halogens is 2. The van der Waals surface area contributed by atoms with Crippen molar-refractivity contribution in [2.45, 2.75) is 0 Å². The molecule has 0 saturated carbocycles. The van der Waals surface area contributed by atoms with Gasteiger partial charge in [0.2, 0.25) is 0 Å². The molecule has 2 aromatic carbocycles. The van der Waals surface area contributed by atoms with Crippen LogP contribution in [-0.2, 0) is 0 Å². The second-order valence-electron chi connectivity index (χ2n) is 5.02. The average Bonchev–Trinajstić information content (AvgIpc) is 2.51. The molecular weight excluding hydrogens is 315 g/mol. The molecule has 2 aromatic rings. The lowest BCUT2D eigenvalue weighted by atomic mass is 10.1. The molecule has 0 aromatic heterocycles. The van der Waals surface area contributed by atoms with Crippen molar-refractivity contribution in [3.05, 3.63) is 64.4 Å². The zero-order chi connectivity index (χ0) is 16.8. The zero-order valence-corrected chi connectivity index (χ0v) is 13.6. The monoisotopic (exact) mass is 330 g/mol. The molecule has 3 nitrogen and oxygen atoms in total. The number of hydrogen-bond acceptors (Lipinski definition) is 2. The van der Waals surface area contributed by atoms with Gasteiger partial charge in [0.25, 0.3) is 5.91 Å². The Morgan fingerprint density at radius 2 is 2.00 bits per heavy atom. The van der Waals surface area contributed by atoms with Crippen molar-refractivity contribution in [2.75, 3.05) is 25.5 Å². The van der Waals surface area contributed by atoms with E-state index in [0.29, 0.717) is 0 Å². The molecule has 0 atom stereocenters. The molecule has 0 aliphatic rings. The predicted octanol–water partition coefficient (Wildman–Crippen LogP) is 3.33. The first-order valence-corrected chi connectivity index (χ1v) is 7.35. The number of rotatable bonds is 3. The molecule has 23 heavy (non-hydrogen) atoms. The molecule has 0 radical (unpaired) electrons. The highest BCUT2D eigenvalue weighted by Crippen LogP contribution is 2.17. The highest BCUT2D eigenvalue weighted by Gasteiger charge is 2.09. The van der Waals surface area contributed by atoms with Crippen LogP contribution in [0.4, 0.5) is 10.1 Å². The molecule has 2 rings (SSSR count). The van der Waals surface area contributed by atoms with Crippen LogP contribution in [0.5, 0.6) is 0 Å². The Bertz CT molecular complexity index is 778. The Morgan fingerprint density at radius 1 is 1.26 bits per heavy atom. The predicted molar refractivity (Wildman–Crippen MR) is 91.4 cm³/mol. The van der Waals surface area contributed by atoms with Crippen molar-refractivity contribution < 1.29 is 9.18 Å². The molecule has 0 heterocycles. The van der Waals surface area contributed by atoms with E-state index in [0.717, 1.165) is 17.3 Å². The molecule has 0 spiro atoms. The largest absolute Gasteiger partial charge is 0.377 e. The first kappa shape index (κ1) is 16.9. The second kappa shape index (κ2) is 7.66. The minimum atomic E-state index is -0.480. The summed E-state index contributed by atoms with van der Waals surface area (Å²) in [5, 5.41) is 2.72. The number of para-hydroxylation sites is 1. The topological polar surface area (TPSA) is 32.3 Å². The molecule has 0 bridgehead atoms. The highest BCUT2D eigenvalue weighted by molar-refractivity contribution is 6.33. The van der Waals surface area contributed by atoms with E-state index < -0.39 is 5.82 Å². The molecule has 0 unspecified atom stereocenters. The van der Waals surface area contributed by atoms with Gasteiger partial charge in [-0.2, -0.15) is 0 Å². The summed E-state index contributed by atoms with van der Waals surface area (Å²) in [7, 11) is 3.89. The third kappa shape index (κ3) is 4.48. The van der Waals surface area contributed by atoms with Gasteiger partial charge in [-0.25, -0.2) is 4.39 Å². The third-order valence-corrected chi connectivity index (χ3v) is 3.43. The number of nitrogens with zero attached hydrogens (tertiary/aromatic N) is 1. The normalized spacial score (nSPS) is 9.74. The van der Waals surface area contributed by atoms with Crippen molar-refractivity contribution in [3.8, 4) is 11.8 Å². The first-order valence-electron chi connectivity index (χ1n) is 6.97. The van der Waals surface area contributed by atoms with Gasteiger partial charge in [-0.15, -0.1) is 0 Å². The summed E-state index contributed by atoms with van der Waals surface area (Å²) in [6, 6.07) is 11.4. The molecule has 1 amide bonds. The molecular formula is C18H16ClFN2O. The zero-order valence-electron chi connectivity index (χ0n) is 12.9. The van der Waals surface area contributed by atoms with Crippen LogP contribution in [0.2, 0.25) is 5.02 Å². The first-order chi connectivity index (χ1) is 11.0. The van der Waals surface area contributed by atoms with Crippen LogP contribution >= 0.6 is 11.6 Å². The summed E-state index contributed by atoms with van der Waals surface area (Å²) in [5.41, 5.74) is 2.11. The molecule has 5 heteroatoms. The fraction of sp³-hybridized carbons (Fsp3) is 0.167. The maximum absolute atomic E-state index is 13.0. The molecule has 0 aliphatic carbocycles. The average molecular weight is 331 g/mol. The number of hydrogen-bond donors (Lipinski definition) is 1. The van der Waals surface area contributed by atoms with Gasteiger partial charge in [0.1, 0.15) is 5.82 Å². The van der Waals surface area contributed by atoms with E-state index in [-0.39, 0.29) is 23.0 Å². The minimum absolute atomic E-state index is 0.0772. The van der Waals surface area contributed by atoms with Crippen molar-refractivity contribution in [1.29, 1.82) is 0 Å². The van der Waals surface area contributed by atoms with Gasteiger partial charge < -0.3 is 10.2 Å². The SMILES string of the molecule is CN(C)c1ccccc1C#CCNC(=O)c1ccc(F)cc1Cl. The Morgan fingerprint density at radius 3 is 2.70 bits per heavy atom. The fourth-order valence-electron chi connectivity index (χ4n) is 2.00. The maximum Gasteiger partial charge on any atom is 0.253 e. The summed E-state index contributed by atoms with van der Waals surface area (Å²) in [6.07, 6.45) is 0. The summed E-state index contributed by atoms with van der Waals surface area (Å²) in [4.78, 5) is 13.9. The Kier molecular flexibility index (Phi) is 5.61. The van der Waals surface area contributed by atoms with Crippen LogP contribution in [0.1, 0.15) is 15.9 Å². The van der Waals surface area contributed by atoms with Crippen LogP contribution in [0.25, 0.3) is 0 Å². The lowest BCUT2D eigenvalue weighted by Crippen LogP contribution is -2.24. The molecule has 118 valence electrons. The number of amides is 1. The standard InChI is InChI=1S/C18H16ClFN2O/c1-22(2)17-8-4-3-6-13(17)7-5-11-21-18(23)15-10-9-14(20)12-16(15)19/h3-4,6,8-10,12H,11H2,1-2H3,(H,21,23). The highest BCUT2D eigenvalue weighted by atomic mass is 35.5. The van der Waals surface area contributed by atoms with Crippen LogP contribution in [0.15, 0.2) is 42.5 Å².